The molecule has 2 aromatic rings. The van der Waals surface area contributed by atoms with Gasteiger partial charge in [0.05, 0.1) is 14.7 Å². The molecule has 1 aliphatic rings. The second-order valence-electron chi connectivity index (χ2n) is 12.3. The Bertz CT molecular complexity index is 1260. The van der Waals surface area contributed by atoms with Gasteiger partial charge in [0.15, 0.2) is 5.60 Å². The number of carbonyl (C=O) groups excluding carboxylic acids is 1. The first-order valence-electron chi connectivity index (χ1n) is 12.5. The van der Waals surface area contributed by atoms with Gasteiger partial charge in [-0.25, -0.2) is 4.79 Å². The molecule has 8 nitrogen and oxygen atoms in total. The number of hydrogen-bond acceptors (Lipinski definition) is 6. The molecule has 2 heterocycles. The van der Waals surface area contributed by atoms with E-state index < -0.39 is 51.9 Å². The van der Waals surface area contributed by atoms with E-state index in [1.165, 1.54) is 16.8 Å². The van der Waals surface area contributed by atoms with Crippen molar-refractivity contribution < 1.29 is 19.7 Å². The zero-order chi connectivity index (χ0) is 27.8. The van der Waals surface area contributed by atoms with Gasteiger partial charge in [0.2, 0.25) is 0 Å². The summed E-state index contributed by atoms with van der Waals surface area (Å²) in [6, 6.07) is 10.2. The molecule has 1 aromatic carbocycles. The van der Waals surface area contributed by atoms with E-state index in [1.807, 2.05) is 6.07 Å². The molecule has 1 aliphatic heterocycles. The molecule has 0 bridgehead atoms. The average molecular weight is 542 g/mol. The molecule has 0 radical (unpaired) electrons. The van der Waals surface area contributed by atoms with Crippen LogP contribution in [0.25, 0.3) is 0 Å². The van der Waals surface area contributed by atoms with Gasteiger partial charge in [0, 0.05) is 17.3 Å². The van der Waals surface area contributed by atoms with Crippen LogP contribution in [0.1, 0.15) is 37.4 Å². The second-order valence-corrected chi connectivity index (χ2v) is 22.6. The largest absolute Gasteiger partial charge is 0.394 e. The number of aliphatic hydroxyl groups excluding tert-OH is 1. The van der Waals surface area contributed by atoms with E-state index in [2.05, 4.69) is 75.3 Å². The molecule has 3 rings (SSSR count). The molecule has 4 atom stereocenters. The molecule has 3 N–H and O–H groups in total. The zero-order valence-corrected chi connectivity index (χ0v) is 25.0. The van der Waals surface area contributed by atoms with Crippen molar-refractivity contribution in [1.82, 2.24) is 9.55 Å². The summed E-state index contributed by atoms with van der Waals surface area (Å²) in [5.41, 5.74) is 0.922. The maximum Gasteiger partial charge on any atom is 0.351 e. The lowest BCUT2D eigenvalue weighted by Gasteiger charge is -2.47. The number of hydrogen-bond donors (Lipinski definition) is 3. The maximum atomic E-state index is 13.3. The monoisotopic (exact) mass is 541 g/mol. The van der Waals surface area contributed by atoms with Gasteiger partial charge in [0.1, 0.15) is 26.2 Å². The highest BCUT2D eigenvalue weighted by atomic mass is 28.3. The normalized spacial score (nSPS) is 24.3. The lowest BCUT2D eigenvalue weighted by Crippen LogP contribution is -2.55. The summed E-state index contributed by atoms with van der Waals surface area (Å²) in [4.78, 5) is 29.9. The van der Waals surface area contributed by atoms with E-state index in [4.69, 9.17) is 4.74 Å². The average Bonchev–Trinajstić information content (AvgIpc) is 3.10. The number of anilines is 1. The Labute approximate surface area is 221 Å². The van der Waals surface area contributed by atoms with Crippen molar-refractivity contribution in [3.63, 3.8) is 0 Å². The van der Waals surface area contributed by atoms with E-state index in [0.717, 1.165) is 0 Å². The standard InChI is InChI=1S/C27H39N3O5Si2/c1-26(2,3)37(7,8)22-24(35-20(18-31)27(22,34)15-17-36(4,5)6)30-16-14-21(29-25(30)33)28-23(32)19-12-10-9-11-13-19/h9-14,16,20,22,24,31,34H,18H2,1-8H3,(H,28,29,32,33)/t20-,22?,24-,27+/m0/s1. The minimum absolute atomic E-state index is 0.115. The highest BCUT2D eigenvalue weighted by Gasteiger charge is 2.64. The molecule has 1 aromatic heterocycles. The molecule has 1 saturated heterocycles. The smallest absolute Gasteiger partial charge is 0.351 e. The Morgan fingerprint density at radius 2 is 1.78 bits per heavy atom. The molecule has 0 spiro atoms. The van der Waals surface area contributed by atoms with Gasteiger partial charge >= 0.3 is 5.69 Å². The van der Waals surface area contributed by atoms with Crippen molar-refractivity contribution >= 4 is 27.9 Å². The van der Waals surface area contributed by atoms with Gasteiger partial charge < -0.3 is 20.3 Å². The first kappa shape index (κ1) is 29.0. The fraction of sp³-hybridized carbons (Fsp3) is 0.519. The zero-order valence-electron chi connectivity index (χ0n) is 23.0. The highest BCUT2D eigenvalue weighted by Crippen LogP contribution is 2.57. The molecule has 1 fully saturated rings. The SMILES string of the molecule is CC(C)(C)[Si](C)(C)C1[C@@H](n2ccc(NC(=O)c3ccccc3)nc2=O)O[C@@H](CO)[C@]1(O)C#C[Si](C)(C)C. The first-order chi connectivity index (χ1) is 17.0. The van der Waals surface area contributed by atoms with Crippen molar-refractivity contribution in [3.05, 3.63) is 58.6 Å². The van der Waals surface area contributed by atoms with Crippen LogP contribution in [0, 0.1) is 11.5 Å². The van der Waals surface area contributed by atoms with Crippen molar-refractivity contribution in [1.29, 1.82) is 0 Å². The third-order valence-corrected chi connectivity index (χ3v) is 14.5. The summed E-state index contributed by atoms with van der Waals surface area (Å²) in [6.45, 7) is 16.5. The Morgan fingerprint density at radius 3 is 2.30 bits per heavy atom. The third-order valence-electron chi connectivity index (χ3n) is 7.45. The predicted octanol–water partition coefficient (Wildman–Crippen LogP) is 3.88. The molecule has 37 heavy (non-hydrogen) atoms. The van der Waals surface area contributed by atoms with Crippen LogP contribution >= 0.6 is 0 Å². The minimum atomic E-state index is -2.44. The number of nitrogens with zero attached hydrogens (tertiary/aromatic N) is 2. The van der Waals surface area contributed by atoms with Gasteiger partial charge in [-0.05, 0) is 23.2 Å². The van der Waals surface area contributed by atoms with E-state index in [0.29, 0.717) is 5.56 Å². The predicted molar refractivity (Wildman–Crippen MR) is 151 cm³/mol. The summed E-state index contributed by atoms with van der Waals surface area (Å²) in [5.74, 6) is 2.86. The first-order valence-corrected chi connectivity index (χ1v) is 19.1. The number of aliphatic hydroxyl groups is 2. The molecule has 200 valence electrons. The Hall–Kier alpha value is -2.56. The fourth-order valence-corrected chi connectivity index (χ4v) is 8.27. The summed E-state index contributed by atoms with van der Waals surface area (Å²) in [5, 5.41) is 24.8. The van der Waals surface area contributed by atoms with E-state index in [9.17, 15) is 19.8 Å². The Balaban J connectivity index is 2.08. The number of benzene rings is 1. The van der Waals surface area contributed by atoms with Crippen LogP contribution in [0.2, 0.25) is 43.3 Å². The van der Waals surface area contributed by atoms with E-state index >= 15 is 0 Å². The van der Waals surface area contributed by atoms with Crippen molar-refractivity contribution in [2.24, 2.45) is 0 Å². The van der Waals surface area contributed by atoms with Crippen molar-refractivity contribution in [2.75, 3.05) is 11.9 Å². The topological polar surface area (TPSA) is 114 Å². The van der Waals surface area contributed by atoms with E-state index in [-0.39, 0.29) is 16.8 Å². The molecule has 1 amide bonds. The van der Waals surface area contributed by atoms with Crippen molar-refractivity contribution in [2.45, 2.75) is 82.0 Å². The summed E-state index contributed by atoms with van der Waals surface area (Å²) in [6.07, 6.45) is -0.338. The minimum Gasteiger partial charge on any atom is -0.394 e. The van der Waals surface area contributed by atoms with Crippen LogP contribution in [0.5, 0.6) is 0 Å². The fourth-order valence-electron chi connectivity index (χ4n) is 4.45. The number of rotatable bonds is 5. The lowest BCUT2D eigenvalue weighted by molar-refractivity contribution is -0.0624. The van der Waals surface area contributed by atoms with Gasteiger partial charge in [-0.1, -0.05) is 77.6 Å². The molecule has 0 saturated carbocycles. The van der Waals surface area contributed by atoms with E-state index in [1.54, 1.807) is 24.3 Å². The number of nitrogens with one attached hydrogen (secondary N) is 1. The Kier molecular flexibility index (Phi) is 8.08. The van der Waals surface area contributed by atoms with Crippen LogP contribution in [-0.4, -0.2) is 60.1 Å². The molecular formula is C27H39N3O5Si2. The third kappa shape index (κ3) is 5.97. The van der Waals surface area contributed by atoms with Crippen LogP contribution in [0.15, 0.2) is 47.4 Å². The molecule has 0 aliphatic carbocycles. The number of amides is 1. The summed E-state index contributed by atoms with van der Waals surface area (Å²) < 4.78 is 7.57. The van der Waals surface area contributed by atoms with Gasteiger partial charge in [-0.15, -0.1) is 5.54 Å². The van der Waals surface area contributed by atoms with Gasteiger partial charge in [-0.2, -0.15) is 4.98 Å². The van der Waals surface area contributed by atoms with Crippen LogP contribution in [0.4, 0.5) is 5.82 Å². The highest BCUT2D eigenvalue weighted by molar-refractivity contribution is 6.84. The van der Waals surface area contributed by atoms with Gasteiger partial charge in [-0.3, -0.25) is 9.36 Å². The maximum absolute atomic E-state index is 13.3. The summed E-state index contributed by atoms with van der Waals surface area (Å²) in [7, 11) is -4.32. The molecule has 1 unspecified atom stereocenters. The second kappa shape index (κ2) is 10.3. The number of aromatic nitrogens is 2. The lowest BCUT2D eigenvalue weighted by atomic mass is 9.95. The Morgan fingerprint density at radius 1 is 1.16 bits per heavy atom. The van der Waals surface area contributed by atoms with Gasteiger partial charge in [0.25, 0.3) is 5.91 Å². The van der Waals surface area contributed by atoms with Crippen LogP contribution in [0.3, 0.4) is 0 Å². The molecular weight excluding hydrogens is 502 g/mol. The molecule has 10 heteroatoms. The number of ether oxygens (including phenoxy) is 1. The summed E-state index contributed by atoms with van der Waals surface area (Å²) >= 11 is 0. The van der Waals surface area contributed by atoms with Crippen LogP contribution in [-0.2, 0) is 4.74 Å². The van der Waals surface area contributed by atoms with Crippen LogP contribution < -0.4 is 11.0 Å². The quantitative estimate of drug-likeness (QED) is 0.391. The number of carbonyl (C=O) groups is 1. The van der Waals surface area contributed by atoms with Crippen molar-refractivity contribution in [3.8, 4) is 11.5 Å².